The Hall–Kier alpha value is 0.660. The van der Waals surface area contributed by atoms with Gasteiger partial charge in [-0.25, -0.2) is 0 Å². The van der Waals surface area contributed by atoms with Gasteiger partial charge in [0.25, 0.3) is 0 Å². The molecule has 1 saturated heterocycles. The molecule has 0 radical (unpaired) electrons. The van der Waals surface area contributed by atoms with E-state index >= 15 is 0 Å². The van der Waals surface area contributed by atoms with Crippen LogP contribution in [0, 0.1) is 0 Å². The van der Waals surface area contributed by atoms with Gasteiger partial charge in [-0.1, -0.05) is 6.92 Å². The second-order valence-corrected chi connectivity index (χ2v) is 6.64. The summed E-state index contributed by atoms with van der Waals surface area (Å²) in [7, 11) is 0. The van der Waals surface area contributed by atoms with Crippen molar-refractivity contribution < 1.29 is 0 Å². The zero-order chi connectivity index (χ0) is 9.10. The number of rotatable bonds is 4. The van der Waals surface area contributed by atoms with Crippen molar-refractivity contribution in [2.75, 3.05) is 17.3 Å². The summed E-state index contributed by atoms with van der Waals surface area (Å²) >= 11 is 4.22. The lowest BCUT2D eigenvalue weighted by Crippen LogP contribution is -2.45. The Morgan fingerprint density at radius 3 is 2.77 bits per heavy atom. The van der Waals surface area contributed by atoms with Crippen molar-refractivity contribution in [3.8, 4) is 0 Å². The molecule has 1 saturated carbocycles. The molecule has 1 aliphatic carbocycles. The van der Waals surface area contributed by atoms with Gasteiger partial charge in [-0.05, 0) is 25.0 Å². The summed E-state index contributed by atoms with van der Waals surface area (Å²) in [5.41, 5.74) is 0. The molecule has 2 aliphatic rings. The third-order valence-electron chi connectivity index (χ3n) is 2.90. The maximum Gasteiger partial charge on any atom is 0.0251 e. The van der Waals surface area contributed by atoms with Gasteiger partial charge in [0, 0.05) is 28.8 Å². The minimum absolute atomic E-state index is 0.843. The summed E-state index contributed by atoms with van der Waals surface area (Å²) < 4.78 is 0. The average Bonchev–Trinajstić information content (AvgIpc) is 2.46. The van der Waals surface area contributed by atoms with E-state index in [-0.39, 0.29) is 0 Å². The molecule has 1 N–H and O–H groups in total. The zero-order valence-corrected chi connectivity index (χ0v) is 9.92. The highest BCUT2D eigenvalue weighted by Crippen LogP contribution is 2.31. The summed E-state index contributed by atoms with van der Waals surface area (Å²) in [6, 6.07) is 1.69. The Kier molecular flexibility index (Phi) is 3.87. The number of hydrogen-bond acceptors (Lipinski definition) is 3. The fraction of sp³-hybridized carbons (Fsp3) is 1.00. The SMILES string of the molecule is CCSC1CCC(NC2CSC2)C1. The summed E-state index contributed by atoms with van der Waals surface area (Å²) in [4.78, 5) is 0. The maximum atomic E-state index is 3.77. The van der Waals surface area contributed by atoms with Crippen molar-refractivity contribution in [1.82, 2.24) is 5.32 Å². The summed E-state index contributed by atoms with van der Waals surface area (Å²) in [6.07, 6.45) is 4.27. The third-order valence-corrected chi connectivity index (χ3v) is 5.41. The molecule has 2 fully saturated rings. The Morgan fingerprint density at radius 1 is 1.31 bits per heavy atom. The molecule has 2 atom stereocenters. The molecular weight excluding hydrogens is 198 g/mol. The Labute approximate surface area is 89.8 Å². The molecule has 2 rings (SSSR count). The molecule has 1 heterocycles. The lowest BCUT2D eigenvalue weighted by atomic mass is 10.2. The van der Waals surface area contributed by atoms with Gasteiger partial charge in [-0.3, -0.25) is 0 Å². The standard InChI is InChI=1S/C10H19NS2/c1-2-13-10-4-3-8(5-10)11-9-6-12-7-9/h8-11H,2-7H2,1H3. The molecule has 0 spiro atoms. The van der Waals surface area contributed by atoms with Crippen LogP contribution in [0.5, 0.6) is 0 Å². The lowest BCUT2D eigenvalue weighted by molar-refractivity contribution is 0.469. The fourth-order valence-corrected chi connectivity index (χ4v) is 3.95. The van der Waals surface area contributed by atoms with Crippen LogP contribution in [-0.4, -0.2) is 34.6 Å². The second-order valence-electron chi connectivity index (χ2n) is 3.99. The van der Waals surface area contributed by atoms with E-state index in [2.05, 4.69) is 35.8 Å². The number of thioether (sulfide) groups is 2. The quantitative estimate of drug-likeness (QED) is 0.776. The largest absolute Gasteiger partial charge is 0.310 e. The molecule has 0 amide bonds. The predicted octanol–water partition coefficient (Wildman–Crippen LogP) is 2.37. The van der Waals surface area contributed by atoms with E-state index in [0.29, 0.717) is 0 Å². The van der Waals surface area contributed by atoms with E-state index in [0.717, 1.165) is 17.3 Å². The number of hydrogen-bond donors (Lipinski definition) is 1. The van der Waals surface area contributed by atoms with Crippen molar-refractivity contribution in [2.24, 2.45) is 0 Å². The van der Waals surface area contributed by atoms with Crippen LogP contribution in [0.4, 0.5) is 0 Å². The molecule has 0 aromatic heterocycles. The topological polar surface area (TPSA) is 12.0 Å². The van der Waals surface area contributed by atoms with Crippen molar-refractivity contribution in [3.05, 3.63) is 0 Å². The molecule has 0 bridgehead atoms. The minimum atomic E-state index is 0.843. The van der Waals surface area contributed by atoms with Crippen LogP contribution in [0.1, 0.15) is 26.2 Å². The Bertz CT molecular complexity index is 159. The first-order valence-electron chi connectivity index (χ1n) is 5.34. The molecule has 0 aromatic carbocycles. The second kappa shape index (κ2) is 4.94. The van der Waals surface area contributed by atoms with Gasteiger partial charge in [0.15, 0.2) is 0 Å². The van der Waals surface area contributed by atoms with Crippen LogP contribution >= 0.6 is 23.5 Å². The molecule has 1 nitrogen and oxygen atoms in total. The van der Waals surface area contributed by atoms with Crippen molar-refractivity contribution in [3.63, 3.8) is 0 Å². The summed E-state index contributed by atoms with van der Waals surface area (Å²) in [5.74, 6) is 3.99. The Balaban J connectivity index is 1.65. The third kappa shape index (κ3) is 2.80. The first-order valence-corrected chi connectivity index (χ1v) is 7.54. The highest BCUT2D eigenvalue weighted by Gasteiger charge is 2.28. The van der Waals surface area contributed by atoms with E-state index < -0.39 is 0 Å². The van der Waals surface area contributed by atoms with Crippen LogP contribution in [0.15, 0.2) is 0 Å². The fourth-order valence-electron chi connectivity index (χ4n) is 2.14. The molecule has 1 aliphatic heterocycles. The van der Waals surface area contributed by atoms with Crippen LogP contribution < -0.4 is 5.32 Å². The van der Waals surface area contributed by atoms with Gasteiger partial charge < -0.3 is 5.32 Å². The number of nitrogens with one attached hydrogen (secondary N) is 1. The molecule has 76 valence electrons. The minimum Gasteiger partial charge on any atom is -0.310 e. The molecule has 13 heavy (non-hydrogen) atoms. The first kappa shape index (κ1) is 10.2. The van der Waals surface area contributed by atoms with Crippen molar-refractivity contribution >= 4 is 23.5 Å². The van der Waals surface area contributed by atoms with Gasteiger partial charge in [-0.2, -0.15) is 23.5 Å². The van der Waals surface area contributed by atoms with Crippen LogP contribution in [0.3, 0.4) is 0 Å². The Morgan fingerprint density at radius 2 is 2.15 bits per heavy atom. The molecule has 2 unspecified atom stereocenters. The summed E-state index contributed by atoms with van der Waals surface area (Å²) in [6.45, 7) is 2.27. The van der Waals surface area contributed by atoms with E-state index in [1.54, 1.807) is 0 Å². The predicted molar refractivity (Wildman–Crippen MR) is 63.8 cm³/mol. The normalized spacial score (nSPS) is 34.8. The highest BCUT2D eigenvalue weighted by atomic mass is 32.2. The highest BCUT2D eigenvalue weighted by molar-refractivity contribution is 8.00. The maximum absolute atomic E-state index is 3.77. The monoisotopic (exact) mass is 217 g/mol. The lowest BCUT2D eigenvalue weighted by Gasteiger charge is -2.29. The van der Waals surface area contributed by atoms with Crippen molar-refractivity contribution in [1.29, 1.82) is 0 Å². The van der Waals surface area contributed by atoms with E-state index in [1.807, 2.05) is 0 Å². The van der Waals surface area contributed by atoms with E-state index in [4.69, 9.17) is 0 Å². The van der Waals surface area contributed by atoms with E-state index in [9.17, 15) is 0 Å². The van der Waals surface area contributed by atoms with Gasteiger partial charge in [0.05, 0.1) is 0 Å². The average molecular weight is 217 g/mol. The molecular formula is C10H19NS2. The van der Waals surface area contributed by atoms with Crippen LogP contribution in [-0.2, 0) is 0 Å². The van der Waals surface area contributed by atoms with Crippen LogP contribution in [0.2, 0.25) is 0 Å². The summed E-state index contributed by atoms with van der Waals surface area (Å²) in [5, 5.41) is 4.72. The zero-order valence-electron chi connectivity index (χ0n) is 8.29. The van der Waals surface area contributed by atoms with Crippen molar-refractivity contribution in [2.45, 2.75) is 43.5 Å². The molecule has 0 aromatic rings. The van der Waals surface area contributed by atoms with Gasteiger partial charge in [0.2, 0.25) is 0 Å². The van der Waals surface area contributed by atoms with Gasteiger partial charge in [-0.15, -0.1) is 0 Å². The van der Waals surface area contributed by atoms with E-state index in [1.165, 1.54) is 36.5 Å². The smallest absolute Gasteiger partial charge is 0.0251 e. The van der Waals surface area contributed by atoms with Gasteiger partial charge in [0.1, 0.15) is 0 Å². The van der Waals surface area contributed by atoms with Crippen LogP contribution in [0.25, 0.3) is 0 Å². The molecule has 3 heteroatoms. The van der Waals surface area contributed by atoms with Gasteiger partial charge >= 0.3 is 0 Å². The first-order chi connectivity index (χ1) is 6.38.